The van der Waals surface area contributed by atoms with Gasteiger partial charge in [-0.15, -0.1) is 0 Å². The van der Waals surface area contributed by atoms with Crippen molar-refractivity contribution in [1.29, 1.82) is 0 Å². The molecule has 0 radical (unpaired) electrons. The Morgan fingerprint density at radius 3 is 2.94 bits per heavy atom. The van der Waals surface area contributed by atoms with Crippen LogP contribution in [0.4, 0.5) is 23.3 Å². The molecule has 2 amide bonds. The van der Waals surface area contributed by atoms with Crippen molar-refractivity contribution >= 4 is 40.7 Å². The molecule has 1 unspecified atom stereocenters. The van der Waals surface area contributed by atoms with E-state index in [1.54, 1.807) is 9.42 Å². The summed E-state index contributed by atoms with van der Waals surface area (Å²) in [5.41, 5.74) is 2.71. The maximum Gasteiger partial charge on any atom is 0.257 e. The maximum atomic E-state index is 12.9. The molecule has 1 fully saturated rings. The van der Waals surface area contributed by atoms with E-state index in [-0.39, 0.29) is 17.9 Å². The third kappa shape index (κ3) is 3.44. The van der Waals surface area contributed by atoms with Crippen molar-refractivity contribution in [3.05, 3.63) is 35.0 Å². The predicted octanol–water partition coefficient (Wildman–Crippen LogP) is 1.61. The van der Waals surface area contributed by atoms with E-state index in [2.05, 4.69) is 21.0 Å². The second kappa shape index (κ2) is 7.69. The van der Waals surface area contributed by atoms with Crippen molar-refractivity contribution in [2.75, 3.05) is 35.2 Å². The van der Waals surface area contributed by atoms with E-state index < -0.39 is 0 Å². The molecule has 6 heterocycles. The summed E-state index contributed by atoms with van der Waals surface area (Å²) in [5, 5.41) is 14.1. The van der Waals surface area contributed by atoms with Gasteiger partial charge in [-0.25, -0.2) is 9.97 Å². The van der Waals surface area contributed by atoms with Crippen molar-refractivity contribution in [2.24, 2.45) is 0 Å². The van der Waals surface area contributed by atoms with Crippen molar-refractivity contribution in [3.8, 4) is 0 Å². The molecule has 0 aliphatic carbocycles. The molecule has 170 valence electrons. The first-order valence-corrected chi connectivity index (χ1v) is 11.2. The Morgan fingerprint density at radius 2 is 2.09 bits per heavy atom. The number of pyridine rings is 1. The van der Waals surface area contributed by atoms with Gasteiger partial charge < -0.3 is 20.7 Å². The Bertz CT molecular complexity index is 1290. The number of carbonyl (C=O) groups is 2. The summed E-state index contributed by atoms with van der Waals surface area (Å²) in [6.45, 7) is 3.96. The molecule has 3 aliphatic heterocycles. The Kier molecular flexibility index (Phi) is 4.64. The number of fused-ring (bicyclic) bond motifs is 6. The first-order valence-electron chi connectivity index (χ1n) is 11.2. The van der Waals surface area contributed by atoms with E-state index in [0.29, 0.717) is 54.8 Å². The lowest BCUT2D eigenvalue weighted by Crippen LogP contribution is -2.36. The van der Waals surface area contributed by atoms with Gasteiger partial charge in [-0.3, -0.25) is 14.5 Å². The number of nitrogens with one attached hydrogen (secondary N) is 3. The molecule has 11 heteroatoms. The first-order chi connectivity index (χ1) is 16.1. The fourth-order valence-electron chi connectivity index (χ4n) is 4.58. The number of ether oxygens (including phenoxy) is 1. The molecule has 1 atom stereocenters. The molecular weight excluding hydrogens is 424 g/mol. The van der Waals surface area contributed by atoms with Gasteiger partial charge in [0.1, 0.15) is 28.8 Å². The number of anilines is 4. The lowest BCUT2D eigenvalue weighted by atomic mass is 10.2. The fraction of sp³-hybridized carbons (Fsp3) is 0.409. The number of carbonyl (C=O) groups excluding carboxylic acids is 2. The zero-order valence-corrected chi connectivity index (χ0v) is 18.2. The van der Waals surface area contributed by atoms with Gasteiger partial charge in [0.25, 0.3) is 5.91 Å². The second-order valence-corrected chi connectivity index (χ2v) is 8.64. The van der Waals surface area contributed by atoms with Crippen LogP contribution in [0.25, 0.3) is 5.65 Å². The van der Waals surface area contributed by atoms with E-state index >= 15 is 0 Å². The van der Waals surface area contributed by atoms with Crippen molar-refractivity contribution in [1.82, 2.24) is 24.9 Å². The Morgan fingerprint density at radius 1 is 1.18 bits per heavy atom. The van der Waals surface area contributed by atoms with Gasteiger partial charge in [-0.05, 0) is 37.5 Å². The Hall–Kier alpha value is -3.73. The molecule has 0 spiro atoms. The highest BCUT2D eigenvalue weighted by molar-refractivity contribution is 6.00. The molecule has 3 aromatic heterocycles. The molecular formula is C22H24N8O3. The number of rotatable bonds is 1. The van der Waals surface area contributed by atoms with Crippen molar-refractivity contribution < 1.29 is 14.3 Å². The largest absolute Gasteiger partial charge is 0.375 e. The molecule has 3 aliphatic rings. The van der Waals surface area contributed by atoms with Crippen LogP contribution in [0, 0.1) is 0 Å². The van der Waals surface area contributed by atoms with Crippen LogP contribution in [0.2, 0.25) is 0 Å². The molecule has 3 aromatic rings. The van der Waals surface area contributed by atoms with E-state index in [0.717, 1.165) is 36.3 Å². The normalized spacial score (nSPS) is 20.4. The van der Waals surface area contributed by atoms with E-state index in [9.17, 15) is 9.59 Å². The summed E-state index contributed by atoms with van der Waals surface area (Å²) < 4.78 is 7.56. The lowest BCUT2D eigenvalue weighted by Gasteiger charge is -2.19. The molecule has 1 saturated heterocycles. The quantitative estimate of drug-likeness (QED) is 0.513. The van der Waals surface area contributed by atoms with Crippen LogP contribution >= 0.6 is 0 Å². The Labute approximate surface area is 189 Å². The smallest absolute Gasteiger partial charge is 0.257 e. The van der Waals surface area contributed by atoms with Crippen LogP contribution in [-0.2, 0) is 22.6 Å². The topological polar surface area (TPSA) is 126 Å². The molecule has 33 heavy (non-hydrogen) atoms. The van der Waals surface area contributed by atoms with E-state index in [1.807, 2.05) is 19.1 Å². The third-order valence-corrected chi connectivity index (χ3v) is 6.14. The fourth-order valence-corrected chi connectivity index (χ4v) is 4.58. The SMILES string of the molecule is CC1COCc2cc(nc(N3CCCC3=O)c2)Nc2nc3c(cnn3c3c2CCN3)C(=O)N1. The highest BCUT2D eigenvalue weighted by atomic mass is 16.5. The van der Waals surface area contributed by atoms with Crippen LogP contribution < -0.4 is 20.9 Å². The average molecular weight is 448 g/mol. The van der Waals surface area contributed by atoms with Crippen LogP contribution in [0.3, 0.4) is 0 Å². The van der Waals surface area contributed by atoms with Gasteiger partial charge in [0, 0.05) is 31.1 Å². The summed E-state index contributed by atoms with van der Waals surface area (Å²) in [5.74, 6) is 2.44. The molecule has 4 bridgehead atoms. The van der Waals surface area contributed by atoms with E-state index in [1.165, 1.54) is 6.20 Å². The van der Waals surface area contributed by atoms with Gasteiger partial charge in [-0.1, -0.05) is 0 Å². The monoisotopic (exact) mass is 448 g/mol. The van der Waals surface area contributed by atoms with Gasteiger partial charge in [0.2, 0.25) is 5.91 Å². The summed E-state index contributed by atoms with van der Waals surface area (Å²) in [7, 11) is 0. The summed E-state index contributed by atoms with van der Waals surface area (Å²) in [6.07, 6.45) is 3.66. The minimum absolute atomic E-state index is 0.0748. The molecule has 6 rings (SSSR count). The predicted molar refractivity (Wildman–Crippen MR) is 121 cm³/mol. The second-order valence-electron chi connectivity index (χ2n) is 8.64. The molecule has 0 saturated carbocycles. The minimum Gasteiger partial charge on any atom is -0.375 e. The number of nitrogens with zero attached hydrogens (tertiary/aromatic N) is 5. The van der Waals surface area contributed by atoms with Crippen LogP contribution in [0.15, 0.2) is 18.3 Å². The third-order valence-electron chi connectivity index (χ3n) is 6.14. The van der Waals surface area contributed by atoms with Crippen LogP contribution in [0.1, 0.15) is 41.3 Å². The van der Waals surface area contributed by atoms with Gasteiger partial charge in [-0.2, -0.15) is 9.61 Å². The van der Waals surface area contributed by atoms with Gasteiger partial charge in [0.15, 0.2) is 5.65 Å². The highest BCUT2D eigenvalue weighted by Crippen LogP contribution is 2.32. The average Bonchev–Trinajstić information content (AvgIpc) is 3.52. The zero-order chi connectivity index (χ0) is 22.5. The molecule has 11 nitrogen and oxygen atoms in total. The zero-order valence-electron chi connectivity index (χ0n) is 18.2. The minimum atomic E-state index is -0.249. The van der Waals surface area contributed by atoms with E-state index in [4.69, 9.17) is 14.7 Å². The number of hydrogen-bond donors (Lipinski definition) is 3. The Balaban J connectivity index is 1.50. The molecule has 3 N–H and O–H groups in total. The maximum absolute atomic E-state index is 12.9. The summed E-state index contributed by atoms with van der Waals surface area (Å²) in [4.78, 5) is 36.5. The number of amides is 2. The van der Waals surface area contributed by atoms with Gasteiger partial charge in [0.05, 0.1) is 19.4 Å². The van der Waals surface area contributed by atoms with Crippen molar-refractivity contribution in [2.45, 2.75) is 38.8 Å². The molecule has 0 aromatic carbocycles. The van der Waals surface area contributed by atoms with Gasteiger partial charge >= 0.3 is 0 Å². The number of hydrogen-bond acceptors (Lipinski definition) is 8. The standard InChI is InChI=1S/C22H24N8O3/c1-12-10-33-11-13-7-16(26-17(8-13)29-6-2-3-18(29)31)27-19-14-4-5-23-20(14)30-21(28-19)15(9-24-30)22(32)25-12/h7-9,12,23H,2-6,10-11H2,1H3,(H,25,32)(H,26,27,28). The summed E-state index contributed by atoms with van der Waals surface area (Å²) >= 11 is 0. The van der Waals surface area contributed by atoms with Crippen LogP contribution in [0.5, 0.6) is 0 Å². The first kappa shape index (κ1) is 19.9. The lowest BCUT2D eigenvalue weighted by molar-refractivity contribution is -0.117. The summed E-state index contributed by atoms with van der Waals surface area (Å²) in [6, 6.07) is 3.60. The van der Waals surface area contributed by atoms with Crippen LogP contribution in [-0.4, -0.2) is 57.1 Å². The number of aromatic nitrogens is 4. The van der Waals surface area contributed by atoms with Crippen molar-refractivity contribution in [3.63, 3.8) is 0 Å². The highest BCUT2D eigenvalue weighted by Gasteiger charge is 2.27.